The number of fused-ring (bicyclic) bond motifs is 1. The summed E-state index contributed by atoms with van der Waals surface area (Å²) in [5.41, 5.74) is 5.31. The summed E-state index contributed by atoms with van der Waals surface area (Å²) in [6, 6.07) is 19.8. The van der Waals surface area contributed by atoms with Crippen LogP contribution < -0.4 is 0 Å². The minimum absolute atomic E-state index is 0.284. The van der Waals surface area contributed by atoms with E-state index in [0.29, 0.717) is 5.02 Å². The van der Waals surface area contributed by atoms with Gasteiger partial charge in [-0.3, -0.25) is 4.57 Å². The molecule has 1 N–H and O–H groups in total. The van der Waals surface area contributed by atoms with E-state index in [1.54, 1.807) is 24.7 Å². The Morgan fingerprint density at radius 3 is 2.50 bits per heavy atom. The molecule has 5 rings (SSSR count). The summed E-state index contributed by atoms with van der Waals surface area (Å²) in [6.45, 7) is 0. The Morgan fingerprint density at radius 1 is 0.967 bits per heavy atom. The molecule has 5 aromatic rings. The van der Waals surface area contributed by atoms with Crippen LogP contribution in [-0.4, -0.2) is 19.5 Å². The fourth-order valence-corrected chi connectivity index (χ4v) is 4.11. The topological polar surface area (TPSA) is 46.5 Å². The number of para-hydroxylation sites is 1. The highest BCUT2D eigenvalue weighted by atomic mass is 35.5. The zero-order valence-electron chi connectivity index (χ0n) is 15.6. The van der Waals surface area contributed by atoms with Crippen molar-refractivity contribution in [2.24, 2.45) is 0 Å². The lowest BCUT2D eigenvalue weighted by atomic mass is 10.1. The zero-order chi connectivity index (χ0) is 20.7. The highest BCUT2D eigenvalue weighted by Gasteiger charge is 2.22. The molecule has 0 aliphatic carbocycles. The highest BCUT2D eigenvalue weighted by molar-refractivity contribution is 7.80. The van der Waals surface area contributed by atoms with Crippen molar-refractivity contribution in [2.45, 2.75) is 5.25 Å². The van der Waals surface area contributed by atoms with E-state index in [1.807, 2.05) is 47.0 Å². The molecule has 0 saturated heterocycles. The number of thiol groups is 1. The largest absolute Gasteiger partial charge is 0.345 e. The highest BCUT2D eigenvalue weighted by Crippen LogP contribution is 2.36. The van der Waals surface area contributed by atoms with Crippen molar-refractivity contribution in [3.63, 3.8) is 0 Å². The van der Waals surface area contributed by atoms with E-state index in [9.17, 15) is 4.39 Å². The van der Waals surface area contributed by atoms with Crippen molar-refractivity contribution in [2.75, 3.05) is 0 Å². The van der Waals surface area contributed by atoms with Gasteiger partial charge >= 0.3 is 0 Å². The van der Waals surface area contributed by atoms with E-state index in [1.165, 1.54) is 12.1 Å². The van der Waals surface area contributed by atoms with Gasteiger partial charge in [-0.25, -0.2) is 14.4 Å². The molecule has 0 saturated carbocycles. The van der Waals surface area contributed by atoms with Gasteiger partial charge in [0.15, 0.2) is 0 Å². The van der Waals surface area contributed by atoms with E-state index >= 15 is 0 Å². The number of imidazole rings is 2. The van der Waals surface area contributed by atoms with Crippen LogP contribution in [0.1, 0.15) is 16.6 Å². The van der Waals surface area contributed by atoms with Crippen molar-refractivity contribution >= 4 is 35.3 Å². The number of aromatic amines is 1. The normalized spacial score (nSPS) is 12.4. The molecule has 0 spiro atoms. The Kier molecular flexibility index (Phi) is 4.81. The molecule has 0 aliphatic heterocycles. The minimum atomic E-state index is -0.332. The van der Waals surface area contributed by atoms with E-state index in [4.69, 9.17) is 29.2 Å². The second-order valence-electron chi connectivity index (χ2n) is 6.87. The molecule has 4 nitrogen and oxygen atoms in total. The van der Waals surface area contributed by atoms with Gasteiger partial charge in [-0.15, -0.1) is 0 Å². The van der Waals surface area contributed by atoms with E-state index in [2.05, 4.69) is 9.97 Å². The first-order chi connectivity index (χ1) is 14.6. The van der Waals surface area contributed by atoms with Crippen LogP contribution in [0, 0.1) is 5.82 Å². The molecule has 0 aliphatic rings. The molecule has 0 fully saturated rings. The number of hydrogen-bond donors (Lipinski definition) is 2. The smallest absolute Gasteiger partial charge is 0.131 e. The third-order valence-electron chi connectivity index (χ3n) is 5.03. The van der Waals surface area contributed by atoms with Crippen molar-refractivity contribution < 1.29 is 4.39 Å². The van der Waals surface area contributed by atoms with Gasteiger partial charge in [0, 0.05) is 21.8 Å². The van der Waals surface area contributed by atoms with Crippen LogP contribution >= 0.6 is 24.2 Å². The van der Waals surface area contributed by atoms with Crippen molar-refractivity contribution in [1.29, 1.82) is 0 Å². The molecular formula is C23H16ClFN4S. The summed E-state index contributed by atoms with van der Waals surface area (Å²) < 4.78 is 15.5. The fraction of sp³-hybridized carbons (Fsp3) is 0.0435. The SMILES string of the molecule is Fc1ccc(-c2cnc(C(S)c3cccc4[nH]cnc34)n2-c2ccc(Cl)cc2)cc1. The lowest BCUT2D eigenvalue weighted by Gasteiger charge is -2.17. The number of nitrogens with one attached hydrogen (secondary N) is 1. The van der Waals surface area contributed by atoms with Gasteiger partial charge < -0.3 is 4.98 Å². The third-order valence-corrected chi connectivity index (χ3v) is 5.80. The predicted molar refractivity (Wildman–Crippen MR) is 121 cm³/mol. The zero-order valence-corrected chi connectivity index (χ0v) is 17.3. The van der Waals surface area contributed by atoms with Crippen LogP contribution in [0.5, 0.6) is 0 Å². The first-order valence-electron chi connectivity index (χ1n) is 9.31. The second kappa shape index (κ2) is 7.63. The monoisotopic (exact) mass is 434 g/mol. The van der Waals surface area contributed by atoms with E-state index in [0.717, 1.165) is 39.4 Å². The average molecular weight is 435 g/mol. The summed E-state index contributed by atoms with van der Waals surface area (Å²) >= 11 is 11.0. The summed E-state index contributed by atoms with van der Waals surface area (Å²) in [5, 5.41) is 0.314. The fourth-order valence-electron chi connectivity index (χ4n) is 3.59. The average Bonchev–Trinajstić information content (AvgIpc) is 3.41. The van der Waals surface area contributed by atoms with Crippen LogP contribution in [0.25, 0.3) is 28.0 Å². The van der Waals surface area contributed by atoms with Gasteiger partial charge in [0.05, 0.1) is 34.5 Å². The van der Waals surface area contributed by atoms with E-state index < -0.39 is 0 Å². The maximum atomic E-state index is 13.5. The Bertz CT molecular complexity index is 1330. The number of halogens is 2. The van der Waals surface area contributed by atoms with Gasteiger partial charge in [0.25, 0.3) is 0 Å². The Labute approximate surface area is 182 Å². The van der Waals surface area contributed by atoms with Gasteiger partial charge in [-0.05, 0) is 54.6 Å². The number of benzene rings is 3. The lowest BCUT2D eigenvalue weighted by molar-refractivity contribution is 0.628. The number of nitrogens with zero attached hydrogens (tertiary/aromatic N) is 3. The van der Waals surface area contributed by atoms with Crippen LogP contribution in [0.2, 0.25) is 5.02 Å². The second-order valence-corrected chi connectivity index (χ2v) is 7.82. The van der Waals surface area contributed by atoms with Crippen molar-refractivity contribution in [1.82, 2.24) is 19.5 Å². The Hall–Kier alpha value is -3.09. The molecule has 1 atom stereocenters. The van der Waals surface area contributed by atoms with E-state index in [-0.39, 0.29) is 11.1 Å². The van der Waals surface area contributed by atoms with Crippen LogP contribution in [0.3, 0.4) is 0 Å². The molecular weight excluding hydrogens is 419 g/mol. The van der Waals surface area contributed by atoms with Gasteiger partial charge in [0.2, 0.25) is 0 Å². The standard InChI is InChI=1S/C23H16ClFN4S/c24-15-6-10-17(11-7-15)29-20(14-4-8-16(25)9-5-14)12-26-23(29)22(30)18-2-1-3-19-21(18)28-13-27-19/h1-13,22,30H,(H,27,28). The van der Waals surface area contributed by atoms with Crippen LogP contribution in [-0.2, 0) is 0 Å². The molecule has 2 aromatic heterocycles. The molecule has 30 heavy (non-hydrogen) atoms. The number of aromatic nitrogens is 4. The molecule has 2 heterocycles. The van der Waals surface area contributed by atoms with Gasteiger partial charge in [-0.2, -0.15) is 12.6 Å². The Balaban J connectivity index is 1.71. The number of rotatable bonds is 4. The maximum Gasteiger partial charge on any atom is 0.131 e. The van der Waals surface area contributed by atoms with Gasteiger partial charge in [-0.1, -0.05) is 23.7 Å². The first-order valence-corrected chi connectivity index (χ1v) is 10.2. The summed E-state index contributed by atoms with van der Waals surface area (Å²) in [6.07, 6.45) is 3.45. The Morgan fingerprint density at radius 2 is 1.73 bits per heavy atom. The van der Waals surface area contributed by atoms with Crippen molar-refractivity contribution in [3.8, 4) is 16.9 Å². The molecule has 0 bridgehead atoms. The number of H-pyrrole nitrogens is 1. The third kappa shape index (κ3) is 3.28. The molecule has 0 amide bonds. The molecule has 148 valence electrons. The number of hydrogen-bond acceptors (Lipinski definition) is 3. The molecule has 3 aromatic carbocycles. The minimum Gasteiger partial charge on any atom is -0.345 e. The summed E-state index contributed by atoms with van der Waals surface area (Å²) in [4.78, 5) is 12.3. The predicted octanol–water partition coefficient (Wildman–Crippen LogP) is 6.23. The van der Waals surface area contributed by atoms with Crippen molar-refractivity contribution in [3.05, 3.63) is 101 Å². The maximum absolute atomic E-state index is 13.5. The lowest BCUT2D eigenvalue weighted by Crippen LogP contribution is -2.07. The molecule has 7 heteroatoms. The summed E-state index contributed by atoms with van der Waals surface area (Å²) in [7, 11) is 0. The van der Waals surface area contributed by atoms with Crippen LogP contribution in [0.4, 0.5) is 4.39 Å². The van der Waals surface area contributed by atoms with Gasteiger partial charge in [0.1, 0.15) is 11.6 Å². The molecule has 1 unspecified atom stereocenters. The first kappa shape index (κ1) is 18.9. The quantitative estimate of drug-likeness (QED) is 0.329. The summed E-state index contributed by atoms with van der Waals surface area (Å²) in [5.74, 6) is 0.448. The van der Waals surface area contributed by atoms with Crippen LogP contribution in [0.15, 0.2) is 79.3 Å². The molecule has 0 radical (unpaired) electrons.